The molecule has 0 spiro atoms. The lowest BCUT2D eigenvalue weighted by Gasteiger charge is -2.14. The first-order valence-corrected chi connectivity index (χ1v) is 5.27. The Labute approximate surface area is 99.1 Å². The molecule has 0 unspecified atom stereocenters. The van der Waals surface area contributed by atoms with Gasteiger partial charge in [-0.3, -0.25) is 14.3 Å². The highest BCUT2D eigenvalue weighted by atomic mass is 16.2. The van der Waals surface area contributed by atoms with E-state index in [0.29, 0.717) is 5.69 Å². The van der Waals surface area contributed by atoms with E-state index in [-0.39, 0.29) is 18.4 Å². The van der Waals surface area contributed by atoms with Crippen molar-refractivity contribution in [3.63, 3.8) is 0 Å². The number of amides is 2. The van der Waals surface area contributed by atoms with Crippen LogP contribution in [0.2, 0.25) is 0 Å². The van der Waals surface area contributed by atoms with Crippen LogP contribution in [-0.4, -0.2) is 27.6 Å². The standard InChI is InChI=1S/C10H17N5O2/c1-6(2)9(12)10(17)14-7-3-13-15(4-7)5-8(11)16/h3-4,6,9H,5,12H2,1-2H3,(H2,11,16)(H,14,17)/t9-/m0/s1. The summed E-state index contributed by atoms with van der Waals surface area (Å²) in [6.07, 6.45) is 2.96. The topological polar surface area (TPSA) is 116 Å². The first-order valence-electron chi connectivity index (χ1n) is 5.27. The summed E-state index contributed by atoms with van der Waals surface area (Å²) in [4.78, 5) is 22.3. The van der Waals surface area contributed by atoms with Gasteiger partial charge in [0.25, 0.3) is 0 Å². The number of carbonyl (C=O) groups excluding carboxylic acids is 2. The van der Waals surface area contributed by atoms with Crippen LogP contribution in [-0.2, 0) is 16.1 Å². The second-order valence-corrected chi connectivity index (χ2v) is 4.15. The van der Waals surface area contributed by atoms with Gasteiger partial charge < -0.3 is 16.8 Å². The summed E-state index contributed by atoms with van der Waals surface area (Å²) in [7, 11) is 0. The number of aromatic nitrogens is 2. The Bertz CT molecular complexity index is 413. The third kappa shape index (κ3) is 3.87. The molecule has 0 aliphatic rings. The molecule has 0 radical (unpaired) electrons. The second kappa shape index (κ2) is 5.44. The molecular weight excluding hydrogens is 222 g/mol. The van der Waals surface area contributed by atoms with Gasteiger partial charge in [0.1, 0.15) is 6.54 Å². The zero-order chi connectivity index (χ0) is 13.0. The Balaban J connectivity index is 2.60. The smallest absolute Gasteiger partial charge is 0.241 e. The number of primary amides is 1. The maximum atomic E-state index is 11.6. The Hall–Kier alpha value is -1.89. The molecule has 0 bridgehead atoms. The highest BCUT2D eigenvalue weighted by Gasteiger charge is 2.17. The third-order valence-electron chi connectivity index (χ3n) is 2.24. The van der Waals surface area contributed by atoms with Crippen molar-refractivity contribution in [2.24, 2.45) is 17.4 Å². The van der Waals surface area contributed by atoms with Crippen LogP contribution in [0.25, 0.3) is 0 Å². The minimum atomic E-state index is -0.575. The van der Waals surface area contributed by atoms with Gasteiger partial charge in [0.15, 0.2) is 0 Å². The number of hydrogen-bond acceptors (Lipinski definition) is 4. The summed E-state index contributed by atoms with van der Waals surface area (Å²) in [5, 5.41) is 6.49. The maximum Gasteiger partial charge on any atom is 0.241 e. The SMILES string of the molecule is CC(C)[C@H](N)C(=O)Nc1cnn(CC(N)=O)c1. The molecule has 0 saturated heterocycles. The quantitative estimate of drug-likeness (QED) is 0.629. The van der Waals surface area contributed by atoms with Crippen LogP contribution in [0.4, 0.5) is 5.69 Å². The van der Waals surface area contributed by atoms with E-state index in [1.807, 2.05) is 13.8 Å². The normalized spacial score (nSPS) is 12.5. The van der Waals surface area contributed by atoms with E-state index in [1.54, 1.807) is 0 Å². The summed E-state index contributed by atoms with van der Waals surface area (Å²) in [6.45, 7) is 3.70. The summed E-state index contributed by atoms with van der Waals surface area (Å²) in [5.41, 5.74) is 11.2. The number of carbonyl (C=O) groups is 2. The van der Waals surface area contributed by atoms with Crippen LogP contribution in [0.5, 0.6) is 0 Å². The molecule has 0 aromatic carbocycles. The number of hydrogen-bond donors (Lipinski definition) is 3. The maximum absolute atomic E-state index is 11.6. The Morgan fingerprint density at radius 2 is 2.18 bits per heavy atom. The lowest BCUT2D eigenvalue weighted by atomic mass is 10.1. The van der Waals surface area contributed by atoms with Gasteiger partial charge in [0, 0.05) is 6.20 Å². The van der Waals surface area contributed by atoms with Crippen molar-refractivity contribution in [3.05, 3.63) is 12.4 Å². The molecule has 1 heterocycles. The van der Waals surface area contributed by atoms with Crippen LogP contribution in [0.15, 0.2) is 12.4 Å². The van der Waals surface area contributed by atoms with E-state index in [1.165, 1.54) is 17.1 Å². The number of nitrogens with zero attached hydrogens (tertiary/aromatic N) is 2. The average Bonchev–Trinajstić information content (AvgIpc) is 2.63. The summed E-state index contributed by atoms with van der Waals surface area (Å²) in [6, 6.07) is -0.575. The molecule has 0 saturated carbocycles. The van der Waals surface area contributed by atoms with Crippen LogP contribution in [0.3, 0.4) is 0 Å². The third-order valence-corrected chi connectivity index (χ3v) is 2.24. The molecule has 5 N–H and O–H groups in total. The van der Waals surface area contributed by atoms with Gasteiger partial charge in [-0.1, -0.05) is 13.8 Å². The number of nitrogens with one attached hydrogen (secondary N) is 1. The van der Waals surface area contributed by atoms with Crippen LogP contribution in [0.1, 0.15) is 13.8 Å². The zero-order valence-corrected chi connectivity index (χ0v) is 9.88. The van der Waals surface area contributed by atoms with Crippen molar-refractivity contribution in [1.29, 1.82) is 0 Å². The predicted octanol–water partition coefficient (Wildman–Crippen LogP) is -0.710. The zero-order valence-electron chi connectivity index (χ0n) is 9.88. The molecule has 0 aliphatic carbocycles. The average molecular weight is 239 g/mol. The minimum Gasteiger partial charge on any atom is -0.368 e. The highest BCUT2D eigenvalue weighted by Crippen LogP contribution is 2.07. The van der Waals surface area contributed by atoms with Crippen molar-refractivity contribution >= 4 is 17.5 Å². The van der Waals surface area contributed by atoms with Gasteiger partial charge in [-0.15, -0.1) is 0 Å². The Morgan fingerprint density at radius 3 is 2.71 bits per heavy atom. The van der Waals surface area contributed by atoms with Crippen molar-refractivity contribution in [2.45, 2.75) is 26.4 Å². The molecule has 0 aliphatic heterocycles. The molecule has 7 nitrogen and oxygen atoms in total. The first-order chi connectivity index (χ1) is 7.90. The summed E-state index contributed by atoms with van der Waals surface area (Å²) >= 11 is 0. The molecule has 1 aromatic heterocycles. The lowest BCUT2D eigenvalue weighted by Crippen LogP contribution is -2.39. The largest absolute Gasteiger partial charge is 0.368 e. The van der Waals surface area contributed by atoms with E-state index in [4.69, 9.17) is 11.5 Å². The van der Waals surface area contributed by atoms with Crippen molar-refractivity contribution < 1.29 is 9.59 Å². The van der Waals surface area contributed by atoms with Gasteiger partial charge in [0.2, 0.25) is 11.8 Å². The van der Waals surface area contributed by atoms with E-state index in [0.717, 1.165) is 0 Å². The number of rotatable bonds is 5. The molecule has 2 amide bonds. The summed E-state index contributed by atoms with van der Waals surface area (Å²) < 4.78 is 1.35. The Kier molecular flexibility index (Phi) is 4.22. The molecule has 17 heavy (non-hydrogen) atoms. The molecule has 1 atom stereocenters. The van der Waals surface area contributed by atoms with E-state index in [2.05, 4.69) is 10.4 Å². The fourth-order valence-corrected chi connectivity index (χ4v) is 1.20. The highest BCUT2D eigenvalue weighted by molar-refractivity contribution is 5.94. The molecule has 1 rings (SSSR count). The van der Waals surface area contributed by atoms with Gasteiger partial charge in [0.05, 0.1) is 17.9 Å². The summed E-state index contributed by atoms with van der Waals surface area (Å²) in [5.74, 6) is -0.723. The molecule has 7 heteroatoms. The molecule has 94 valence electrons. The predicted molar refractivity (Wildman–Crippen MR) is 62.9 cm³/mol. The van der Waals surface area contributed by atoms with Gasteiger partial charge in [-0.05, 0) is 5.92 Å². The molecule has 1 aromatic rings. The van der Waals surface area contributed by atoms with Crippen LogP contribution >= 0.6 is 0 Å². The van der Waals surface area contributed by atoms with E-state index in [9.17, 15) is 9.59 Å². The first kappa shape index (κ1) is 13.2. The molecular formula is C10H17N5O2. The van der Waals surface area contributed by atoms with Crippen LogP contribution < -0.4 is 16.8 Å². The fraction of sp³-hybridized carbons (Fsp3) is 0.500. The second-order valence-electron chi connectivity index (χ2n) is 4.15. The minimum absolute atomic E-state index is 0.0217. The monoisotopic (exact) mass is 239 g/mol. The number of nitrogens with two attached hydrogens (primary N) is 2. The number of anilines is 1. The van der Waals surface area contributed by atoms with Gasteiger partial charge >= 0.3 is 0 Å². The van der Waals surface area contributed by atoms with Gasteiger partial charge in [-0.2, -0.15) is 5.10 Å². The Morgan fingerprint density at radius 1 is 1.53 bits per heavy atom. The van der Waals surface area contributed by atoms with E-state index >= 15 is 0 Å². The van der Waals surface area contributed by atoms with Crippen molar-refractivity contribution in [2.75, 3.05) is 5.32 Å². The lowest BCUT2D eigenvalue weighted by molar-refractivity contribution is -0.119. The molecule has 0 fully saturated rings. The van der Waals surface area contributed by atoms with Gasteiger partial charge in [-0.25, -0.2) is 0 Å². The van der Waals surface area contributed by atoms with Crippen LogP contribution in [0, 0.1) is 5.92 Å². The van der Waals surface area contributed by atoms with Crippen molar-refractivity contribution in [1.82, 2.24) is 9.78 Å². The fourth-order valence-electron chi connectivity index (χ4n) is 1.20. The van der Waals surface area contributed by atoms with E-state index < -0.39 is 11.9 Å². The van der Waals surface area contributed by atoms with Crippen molar-refractivity contribution in [3.8, 4) is 0 Å².